The maximum absolute atomic E-state index is 12.3. The van der Waals surface area contributed by atoms with Gasteiger partial charge >= 0.3 is 0 Å². The highest BCUT2D eigenvalue weighted by Gasteiger charge is 2.19. The van der Waals surface area contributed by atoms with E-state index in [-0.39, 0.29) is 16.7 Å². The van der Waals surface area contributed by atoms with Gasteiger partial charge in [0.25, 0.3) is 0 Å². The molecule has 1 aromatic rings. The van der Waals surface area contributed by atoms with Gasteiger partial charge in [-0.05, 0) is 29.5 Å². The lowest BCUT2D eigenvalue weighted by Gasteiger charge is -2.23. The minimum atomic E-state index is -0.782. The Morgan fingerprint density at radius 1 is 1.14 bits per heavy atom. The fourth-order valence-corrected chi connectivity index (χ4v) is 3.59. The van der Waals surface area contributed by atoms with Gasteiger partial charge in [-0.1, -0.05) is 65.8 Å². The third-order valence-electron chi connectivity index (χ3n) is 3.98. The number of rotatable bonds is 7. The molecule has 3 heteroatoms. The predicted octanol–water partition coefficient (Wildman–Crippen LogP) is 4.18. The monoisotopic (exact) mass is 309 g/mol. The van der Waals surface area contributed by atoms with E-state index in [2.05, 4.69) is 71.1 Å². The highest BCUT2D eigenvalue weighted by Crippen LogP contribution is 2.24. The molecule has 0 amide bonds. The number of hydrogen-bond donors (Lipinski definition) is 1. The van der Waals surface area contributed by atoms with Crippen LogP contribution < -0.4 is 5.32 Å². The molecule has 0 saturated heterocycles. The van der Waals surface area contributed by atoms with Gasteiger partial charge in [0.2, 0.25) is 0 Å². The van der Waals surface area contributed by atoms with Gasteiger partial charge in [0.15, 0.2) is 0 Å². The van der Waals surface area contributed by atoms with Gasteiger partial charge in [-0.2, -0.15) is 0 Å². The minimum absolute atomic E-state index is 0.172. The molecular weight excluding hydrogens is 278 g/mol. The van der Waals surface area contributed by atoms with E-state index in [0.29, 0.717) is 5.75 Å². The summed E-state index contributed by atoms with van der Waals surface area (Å²) in [6, 6.07) is 8.94. The summed E-state index contributed by atoms with van der Waals surface area (Å²) in [4.78, 5) is 0. The van der Waals surface area contributed by atoms with Gasteiger partial charge in [0.05, 0.1) is 0 Å². The van der Waals surface area contributed by atoms with Crippen molar-refractivity contribution in [1.82, 2.24) is 5.32 Å². The summed E-state index contributed by atoms with van der Waals surface area (Å²) in [5, 5.41) is 3.74. The second-order valence-electron chi connectivity index (χ2n) is 6.75. The van der Waals surface area contributed by atoms with Crippen molar-refractivity contribution >= 4 is 10.8 Å². The molecule has 0 aromatic heterocycles. The lowest BCUT2D eigenvalue weighted by molar-refractivity contribution is 0.580. The molecule has 1 aromatic carbocycles. The third-order valence-corrected chi connectivity index (χ3v) is 5.88. The van der Waals surface area contributed by atoms with Gasteiger partial charge in [-0.3, -0.25) is 4.21 Å². The molecule has 3 atom stereocenters. The molecule has 0 bridgehead atoms. The van der Waals surface area contributed by atoms with E-state index in [1.807, 2.05) is 0 Å². The molecule has 0 aliphatic carbocycles. The van der Waals surface area contributed by atoms with Gasteiger partial charge in [-0.25, -0.2) is 0 Å². The van der Waals surface area contributed by atoms with Crippen LogP contribution in [0.25, 0.3) is 0 Å². The third kappa shape index (κ3) is 5.55. The molecule has 0 saturated carbocycles. The first-order chi connectivity index (χ1) is 9.79. The van der Waals surface area contributed by atoms with E-state index < -0.39 is 10.8 Å². The molecule has 1 rings (SSSR count). The van der Waals surface area contributed by atoms with Crippen LogP contribution in [0.2, 0.25) is 0 Å². The SMILES string of the molecule is CCNC(CS(=O)C(C)CC)c1ccc(C(C)(C)C)cc1. The van der Waals surface area contributed by atoms with Gasteiger partial charge < -0.3 is 5.32 Å². The zero-order valence-corrected chi connectivity index (χ0v) is 15.2. The van der Waals surface area contributed by atoms with E-state index in [4.69, 9.17) is 0 Å². The Labute approximate surface area is 133 Å². The Balaban J connectivity index is 2.88. The van der Waals surface area contributed by atoms with Crippen LogP contribution in [0.3, 0.4) is 0 Å². The quantitative estimate of drug-likeness (QED) is 0.818. The molecule has 2 nitrogen and oxygen atoms in total. The second-order valence-corrected chi connectivity index (χ2v) is 8.65. The van der Waals surface area contributed by atoms with Crippen molar-refractivity contribution in [2.45, 2.75) is 64.7 Å². The Kier molecular flexibility index (Phi) is 7.08. The average Bonchev–Trinajstić information content (AvgIpc) is 2.45. The maximum atomic E-state index is 12.3. The summed E-state index contributed by atoms with van der Waals surface area (Å²) in [5.74, 6) is 0.692. The molecule has 0 aliphatic heterocycles. The first-order valence-corrected chi connectivity index (χ1v) is 9.38. The smallest absolute Gasteiger partial charge is 0.0436 e. The molecule has 21 heavy (non-hydrogen) atoms. The highest BCUT2D eigenvalue weighted by atomic mass is 32.2. The van der Waals surface area contributed by atoms with E-state index >= 15 is 0 Å². The Morgan fingerprint density at radius 3 is 2.14 bits per heavy atom. The summed E-state index contributed by atoms with van der Waals surface area (Å²) >= 11 is 0. The molecule has 120 valence electrons. The lowest BCUT2D eigenvalue weighted by atomic mass is 9.86. The van der Waals surface area contributed by atoms with Crippen molar-refractivity contribution in [3.05, 3.63) is 35.4 Å². The summed E-state index contributed by atoms with van der Waals surface area (Å²) in [6.07, 6.45) is 0.967. The van der Waals surface area contributed by atoms with E-state index in [9.17, 15) is 4.21 Å². The molecule has 0 heterocycles. The van der Waals surface area contributed by atoms with E-state index in [1.165, 1.54) is 11.1 Å². The number of benzene rings is 1. The van der Waals surface area contributed by atoms with Crippen LogP contribution in [-0.4, -0.2) is 21.8 Å². The molecule has 0 spiro atoms. The van der Waals surface area contributed by atoms with Crippen LogP contribution in [0.4, 0.5) is 0 Å². The largest absolute Gasteiger partial charge is 0.309 e. The van der Waals surface area contributed by atoms with Crippen LogP contribution in [0, 0.1) is 0 Å². The van der Waals surface area contributed by atoms with Crippen LogP contribution in [0.5, 0.6) is 0 Å². The van der Waals surface area contributed by atoms with Crippen molar-refractivity contribution < 1.29 is 4.21 Å². The highest BCUT2D eigenvalue weighted by molar-refractivity contribution is 7.85. The summed E-state index contributed by atoms with van der Waals surface area (Å²) in [5.41, 5.74) is 2.75. The van der Waals surface area contributed by atoms with Crippen molar-refractivity contribution in [1.29, 1.82) is 0 Å². The minimum Gasteiger partial charge on any atom is -0.309 e. The second kappa shape index (κ2) is 8.09. The predicted molar refractivity (Wildman–Crippen MR) is 94.3 cm³/mol. The standard InChI is InChI=1S/C18H31NOS/c1-7-14(3)21(20)13-17(19-8-2)15-9-11-16(12-10-15)18(4,5)6/h9-12,14,17,19H,7-8,13H2,1-6H3. The van der Waals surface area contributed by atoms with Gasteiger partial charge in [0, 0.05) is 27.8 Å². The average molecular weight is 310 g/mol. The topological polar surface area (TPSA) is 29.1 Å². The molecule has 1 N–H and O–H groups in total. The Hall–Kier alpha value is -0.670. The lowest BCUT2D eigenvalue weighted by Crippen LogP contribution is -2.28. The Morgan fingerprint density at radius 2 is 1.71 bits per heavy atom. The fraction of sp³-hybridized carbons (Fsp3) is 0.667. The molecule has 0 fully saturated rings. The Bertz CT molecular complexity index is 447. The van der Waals surface area contributed by atoms with Crippen molar-refractivity contribution in [2.24, 2.45) is 0 Å². The number of nitrogens with one attached hydrogen (secondary N) is 1. The van der Waals surface area contributed by atoms with Crippen molar-refractivity contribution in [3.63, 3.8) is 0 Å². The summed E-state index contributed by atoms with van der Waals surface area (Å²) < 4.78 is 12.3. The van der Waals surface area contributed by atoms with Crippen LogP contribution in [0.1, 0.15) is 65.1 Å². The molecule has 3 unspecified atom stereocenters. The molecule has 0 aliphatic rings. The number of hydrogen-bond acceptors (Lipinski definition) is 2. The van der Waals surface area contributed by atoms with Gasteiger partial charge in [-0.15, -0.1) is 0 Å². The summed E-state index contributed by atoms with van der Waals surface area (Å²) in [6.45, 7) is 13.8. The van der Waals surface area contributed by atoms with E-state index in [0.717, 1.165) is 13.0 Å². The van der Waals surface area contributed by atoms with Crippen LogP contribution in [0.15, 0.2) is 24.3 Å². The normalized spacial score (nSPS) is 16.5. The summed E-state index contributed by atoms with van der Waals surface area (Å²) in [7, 11) is -0.782. The zero-order chi connectivity index (χ0) is 16.0. The first-order valence-electron chi connectivity index (χ1n) is 8.00. The molecule has 0 radical (unpaired) electrons. The zero-order valence-electron chi connectivity index (χ0n) is 14.4. The van der Waals surface area contributed by atoms with Crippen molar-refractivity contribution in [3.8, 4) is 0 Å². The first kappa shape index (κ1) is 18.4. The molecular formula is C18H31NOS. The fourth-order valence-electron chi connectivity index (χ4n) is 2.25. The van der Waals surface area contributed by atoms with Gasteiger partial charge in [0.1, 0.15) is 0 Å². The van der Waals surface area contributed by atoms with Crippen molar-refractivity contribution in [2.75, 3.05) is 12.3 Å². The van der Waals surface area contributed by atoms with E-state index in [1.54, 1.807) is 0 Å². The van der Waals surface area contributed by atoms with Crippen LogP contribution >= 0.6 is 0 Å². The maximum Gasteiger partial charge on any atom is 0.0436 e. The van der Waals surface area contributed by atoms with Crippen LogP contribution in [-0.2, 0) is 16.2 Å².